The van der Waals surface area contributed by atoms with Crippen molar-refractivity contribution in [1.29, 1.82) is 0 Å². The first-order valence-electron chi connectivity index (χ1n) is 5.53. The maximum Gasteiger partial charge on any atom is 0.0158 e. The first-order chi connectivity index (χ1) is 6.65. The summed E-state index contributed by atoms with van der Waals surface area (Å²) in [6, 6.07) is 0.772. The van der Waals surface area contributed by atoms with Crippen molar-refractivity contribution in [2.24, 2.45) is 11.8 Å². The summed E-state index contributed by atoms with van der Waals surface area (Å²) in [5.41, 5.74) is 0. The van der Waals surface area contributed by atoms with E-state index in [-0.39, 0.29) is 0 Å². The van der Waals surface area contributed by atoms with Crippen LogP contribution in [0.3, 0.4) is 0 Å². The average molecular weight is 280 g/mol. The van der Waals surface area contributed by atoms with Gasteiger partial charge in [-0.15, -0.1) is 0 Å². The van der Waals surface area contributed by atoms with Crippen LogP contribution in [-0.4, -0.2) is 40.9 Å². The van der Waals surface area contributed by atoms with E-state index in [1.165, 1.54) is 24.6 Å². The van der Waals surface area contributed by atoms with Crippen LogP contribution in [0, 0.1) is 11.8 Å². The predicted molar refractivity (Wildman–Crippen MR) is 70.5 cm³/mol. The van der Waals surface area contributed by atoms with E-state index < -0.39 is 0 Å². The van der Waals surface area contributed by atoms with E-state index in [0.717, 1.165) is 23.2 Å². The second kappa shape index (κ2) is 6.39. The van der Waals surface area contributed by atoms with Gasteiger partial charge in [-0.2, -0.15) is 11.8 Å². The zero-order valence-corrected chi connectivity index (χ0v) is 11.9. The quantitative estimate of drug-likeness (QED) is 0.728. The van der Waals surface area contributed by atoms with Crippen LogP contribution in [0.1, 0.15) is 20.8 Å². The van der Waals surface area contributed by atoms with Gasteiger partial charge in [0.05, 0.1) is 0 Å². The predicted octanol–water partition coefficient (Wildman–Crippen LogP) is 3.09. The minimum Gasteiger partial charge on any atom is -0.299 e. The van der Waals surface area contributed by atoms with Gasteiger partial charge in [0.1, 0.15) is 0 Å². The second-order valence-corrected chi connectivity index (χ2v) is 6.37. The molecule has 3 heteroatoms. The maximum absolute atomic E-state index is 3.63. The smallest absolute Gasteiger partial charge is 0.0158 e. The Kier molecular flexibility index (Phi) is 5.87. The Bertz CT molecular complexity index is 163. The lowest BCUT2D eigenvalue weighted by Crippen LogP contribution is -2.44. The van der Waals surface area contributed by atoms with Gasteiger partial charge in [0.15, 0.2) is 0 Å². The number of rotatable bonds is 4. The van der Waals surface area contributed by atoms with Crippen LogP contribution < -0.4 is 0 Å². The Balaban J connectivity index is 2.39. The molecular formula is C11H22BrNS. The van der Waals surface area contributed by atoms with Crippen molar-refractivity contribution in [3.63, 3.8) is 0 Å². The molecule has 0 saturated carbocycles. The number of alkyl halides is 1. The number of thioether (sulfide) groups is 1. The molecule has 0 N–H and O–H groups in total. The van der Waals surface area contributed by atoms with Gasteiger partial charge in [-0.05, 0) is 18.8 Å². The molecule has 0 aromatic carbocycles. The summed E-state index contributed by atoms with van der Waals surface area (Å²) < 4.78 is 0. The fourth-order valence-corrected chi connectivity index (χ4v) is 3.81. The molecule has 0 aromatic rings. The largest absolute Gasteiger partial charge is 0.299 e. The second-order valence-electron chi connectivity index (χ2n) is 4.58. The molecule has 0 amide bonds. The summed E-state index contributed by atoms with van der Waals surface area (Å²) >= 11 is 5.73. The van der Waals surface area contributed by atoms with Gasteiger partial charge in [0, 0.05) is 36.0 Å². The lowest BCUT2D eigenvalue weighted by Gasteiger charge is -2.36. The summed E-state index contributed by atoms with van der Waals surface area (Å²) in [7, 11) is 0. The molecule has 1 fully saturated rings. The van der Waals surface area contributed by atoms with Crippen LogP contribution in [0.4, 0.5) is 0 Å². The molecule has 14 heavy (non-hydrogen) atoms. The molecule has 2 unspecified atom stereocenters. The molecule has 0 bridgehead atoms. The molecule has 1 rings (SSSR count). The number of hydrogen-bond acceptors (Lipinski definition) is 2. The third-order valence-corrected chi connectivity index (χ3v) is 5.14. The van der Waals surface area contributed by atoms with Crippen LogP contribution in [0.25, 0.3) is 0 Å². The normalized spacial score (nSPS) is 26.8. The minimum atomic E-state index is 0.772. The molecule has 0 aliphatic carbocycles. The third-order valence-electron chi connectivity index (χ3n) is 3.12. The highest BCUT2D eigenvalue weighted by Gasteiger charge is 2.22. The summed E-state index contributed by atoms with van der Waals surface area (Å²) in [5, 5.41) is 1.14. The summed E-state index contributed by atoms with van der Waals surface area (Å²) in [5.74, 6) is 4.22. The van der Waals surface area contributed by atoms with Crippen molar-refractivity contribution >= 4 is 27.7 Å². The highest BCUT2D eigenvalue weighted by Crippen LogP contribution is 2.21. The zero-order valence-electron chi connectivity index (χ0n) is 9.50. The van der Waals surface area contributed by atoms with E-state index >= 15 is 0 Å². The highest BCUT2D eigenvalue weighted by molar-refractivity contribution is 9.09. The van der Waals surface area contributed by atoms with E-state index in [0.29, 0.717) is 0 Å². The zero-order chi connectivity index (χ0) is 10.6. The Hall–Kier alpha value is 0.790. The van der Waals surface area contributed by atoms with Crippen LogP contribution in [0.15, 0.2) is 0 Å². The number of halogens is 1. The monoisotopic (exact) mass is 279 g/mol. The topological polar surface area (TPSA) is 3.24 Å². The van der Waals surface area contributed by atoms with E-state index in [9.17, 15) is 0 Å². The lowest BCUT2D eigenvalue weighted by atomic mass is 9.97. The SMILES string of the molecule is CC(C)C(CBr)CN1CCSCC1C. The summed E-state index contributed by atoms with van der Waals surface area (Å²) in [6.07, 6.45) is 0. The van der Waals surface area contributed by atoms with Crippen LogP contribution >= 0.6 is 27.7 Å². The van der Waals surface area contributed by atoms with E-state index in [2.05, 4.69) is 53.4 Å². The van der Waals surface area contributed by atoms with E-state index in [1.54, 1.807) is 0 Å². The van der Waals surface area contributed by atoms with Gasteiger partial charge in [-0.1, -0.05) is 29.8 Å². The molecule has 0 aromatic heterocycles. The van der Waals surface area contributed by atoms with Gasteiger partial charge in [0.2, 0.25) is 0 Å². The first kappa shape index (κ1) is 12.9. The van der Waals surface area contributed by atoms with Crippen molar-refractivity contribution in [3.8, 4) is 0 Å². The van der Waals surface area contributed by atoms with Crippen molar-refractivity contribution in [1.82, 2.24) is 4.90 Å². The molecule has 2 atom stereocenters. The molecule has 84 valence electrons. The van der Waals surface area contributed by atoms with Gasteiger partial charge in [-0.3, -0.25) is 4.90 Å². The molecular weight excluding hydrogens is 258 g/mol. The minimum absolute atomic E-state index is 0.772. The Morgan fingerprint density at radius 3 is 2.71 bits per heavy atom. The Morgan fingerprint density at radius 1 is 1.50 bits per heavy atom. The summed E-state index contributed by atoms with van der Waals surface area (Å²) in [6.45, 7) is 9.56. The Labute approximate surface area is 101 Å². The molecule has 1 saturated heterocycles. The highest BCUT2D eigenvalue weighted by atomic mass is 79.9. The molecule has 1 nitrogen and oxygen atoms in total. The Morgan fingerprint density at radius 2 is 2.21 bits per heavy atom. The van der Waals surface area contributed by atoms with Gasteiger partial charge in [0.25, 0.3) is 0 Å². The van der Waals surface area contributed by atoms with Crippen molar-refractivity contribution in [2.45, 2.75) is 26.8 Å². The van der Waals surface area contributed by atoms with E-state index in [4.69, 9.17) is 0 Å². The molecule has 0 radical (unpaired) electrons. The maximum atomic E-state index is 3.63. The number of hydrogen-bond donors (Lipinski definition) is 0. The molecule has 1 aliphatic heterocycles. The van der Waals surface area contributed by atoms with Crippen LogP contribution in [-0.2, 0) is 0 Å². The molecule has 0 spiro atoms. The van der Waals surface area contributed by atoms with Crippen molar-refractivity contribution in [3.05, 3.63) is 0 Å². The average Bonchev–Trinajstić information content (AvgIpc) is 2.16. The first-order valence-corrected chi connectivity index (χ1v) is 7.80. The van der Waals surface area contributed by atoms with Crippen LogP contribution in [0.2, 0.25) is 0 Å². The van der Waals surface area contributed by atoms with E-state index in [1.807, 2.05) is 0 Å². The van der Waals surface area contributed by atoms with Gasteiger partial charge >= 0.3 is 0 Å². The van der Waals surface area contributed by atoms with Crippen LogP contribution in [0.5, 0.6) is 0 Å². The number of nitrogens with zero attached hydrogens (tertiary/aromatic N) is 1. The van der Waals surface area contributed by atoms with Gasteiger partial charge < -0.3 is 0 Å². The molecule has 1 aliphatic rings. The fourth-order valence-electron chi connectivity index (χ4n) is 1.77. The lowest BCUT2D eigenvalue weighted by molar-refractivity contribution is 0.183. The molecule has 1 heterocycles. The van der Waals surface area contributed by atoms with Crippen molar-refractivity contribution in [2.75, 3.05) is 29.9 Å². The fraction of sp³-hybridized carbons (Fsp3) is 1.00. The standard InChI is InChI=1S/C11H22BrNS/c1-9(2)11(6-12)7-13-4-5-14-8-10(13)3/h9-11H,4-8H2,1-3H3. The summed E-state index contributed by atoms with van der Waals surface area (Å²) in [4.78, 5) is 2.66. The van der Waals surface area contributed by atoms with Gasteiger partial charge in [-0.25, -0.2) is 0 Å². The van der Waals surface area contributed by atoms with Crippen molar-refractivity contribution < 1.29 is 0 Å². The third kappa shape index (κ3) is 3.74.